The van der Waals surface area contributed by atoms with Crippen molar-refractivity contribution in [3.63, 3.8) is 0 Å². The molecule has 0 atom stereocenters. The van der Waals surface area contributed by atoms with Gasteiger partial charge in [0.05, 0.1) is 21.1 Å². The van der Waals surface area contributed by atoms with Crippen molar-refractivity contribution in [2.45, 2.75) is 18.4 Å². The molecule has 1 aliphatic rings. The number of piperidine rings is 1. The molecule has 1 heterocycles. The summed E-state index contributed by atoms with van der Waals surface area (Å²) < 4.78 is 13.1. The van der Waals surface area contributed by atoms with Crippen molar-refractivity contribution >= 4 is 34.7 Å². The van der Waals surface area contributed by atoms with Crippen molar-refractivity contribution in [2.24, 2.45) is 5.73 Å². The van der Waals surface area contributed by atoms with Gasteiger partial charge in [-0.1, -0.05) is 23.8 Å². The Morgan fingerprint density at radius 1 is 1.48 bits per heavy atom. The Bertz CT molecular complexity index is 573. The third kappa shape index (κ3) is 3.51. The number of benzene rings is 1. The molecule has 114 valence electrons. The lowest BCUT2D eigenvalue weighted by Crippen LogP contribution is -2.61. The minimum absolute atomic E-state index is 0.0681. The molecule has 0 radical (unpaired) electrons. The zero-order valence-corrected chi connectivity index (χ0v) is 13.2. The van der Waals surface area contributed by atoms with Crippen LogP contribution >= 0.6 is 23.8 Å². The topological polar surface area (TPSA) is 58.4 Å². The number of nitrogens with one attached hydrogen (secondary N) is 1. The lowest BCUT2D eigenvalue weighted by Gasteiger charge is -2.40. The third-order valence-corrected chi connectivity index (χ3v) is 4.54. The number of amides is 1. The second kappa shape index (κ2) is 6.25. The average Bonchev–Trinajstić information content (AvgIpc) is 2.41. The predicted molar refractivity (Wildman–Crippen MR) is 85.1 cm³/mol. The summed E-state index contributed by atoms with van der Waals surface area (Å²) in [7, 11) is 2.00. The summed E-state index contributed by atoms with van der Waals surface area (Å²) in [5, 5.41) is 2.96. The molecule has 1 aromatic rings. The zero-order valence-electron chi connectivity index (χ0n) is 11.7. The molecule has 0 unspecified atom stereocenters. The molecule has 1 aliphatic heterocycles. The standard InChI is InChI=1S/C14H17ClFN3OS/c1-19-6-4-14(5-7-19,13(17)21)18-12(20)10-3-2-9(16)8-11(10)15/h2-3,8H,4-7H2,1H3,(H2,17,21)(H,18,20). The molecule has 1 saturated heterocycles. The van der Waals surface area contributed by atoms with Gasteiger partial charge in [0.1, 0.15) is 5.82 Å². The predicted octanol–water partition coefficient (Wildman–Crippen LogP) is 1.96. The Morgan fingerprint density at radius 2 is 2.10 bits per heavy atom. The molecule has 21 heavy (non-hydrogen) atoms. The Kier molecular flexibility index (Phi) is 4.81. The average molecular weight is 330 g/mol. The van der Waals surface area contributed by atoms with Gasteiger partial charge >= 0.3 is 0 Å². The molecular formula is C14H17ClFN3OS. The van der Waals surface area contributed by atoms with Crippen LogP contribution in [-0.4, -0.2) is 41.5 Å². The van der Waals surface area contributed by atoms with Crippen molar-refractivity contribution in [2.75, 3.05) is 20.1 Å². The van der Waals surface area contributed by atoms with E-state index < -0.39 is 17.3 Å². The summed E-state index contributed by atoms with van der Waals surface area (Å²) in [5.41, 5.74) is 5.35. The minimum Gasteiger partial charge on any atom is -0.391 e. The summed E-state index contributed by atoms with van der Waals surface area (Å²) in [4.78, 5) is 14.8. The first-order valence-electron chi connectivity index (χ1n) is 6.60. The molecule has 1 aromatic carbocycles. The maximum absolute atomic E-state index is 13.1. The highest BCUT2D eigenvalue weighted by molar-refractivity contribution is 7.80. The molecule has 1 amide bonds. The smallest absolute Gasteiger partial charge is 0.253 e. The maximum atomic E-state index is 13.1. The van der Waals surface area contributed by atoms with Gasteiger partial charge in [0.25, 0.3) is 5.91 Å². The van der Waals surface area contributed by atoms with E-state index >= 15 is 0 Å². The largest absolute Gasteiger partial charge is 0.391 e. The van der Waals surface area contributed by atoms with E-state index in [1.54, 1.807) is 0 Å². The molecular weight excluding hydrogens is 313 g/mol. The molecule has 3 N–H and O–H groups in total. The lowest BCUT2D eigenvalue weighted by atomic mass is 9.87. The van der Waals surface area contributed by atoms with E-state index in [-0.39, 0.29) is 15.6 Å². The number of halogens is 2. The van der Waals surface area contributed by atoms with Crippen LogP contribution in [0, 0.1) is 5.82 Å². The quantitative estimate of drug-likeness (QED) is 0.832. The van der Waals surface area contributed by atoms with E-state index in [1.165, 1.54) is 12.1 Å². The second-order valence-corrected chi connectivity index (χ2v) is 6.17. The Balaban J connectivity index is 2.21. The number of likely N-dealkylation sites (tertiary alicyclic amines) is 1. The monoisotopic (exact) mass is 329 g/mol. The van der Waals surface area contributed by atoms with Crippen LogP contribution in [0.5, 0.6) is 0 Å². The van der Waals surface area contributed by atoms with Crippen LogP contribution in [0.3, 0.4) is 0 Å². The fourth-order valence-corrected chi connectivity index (χ4v) is 2.90. The SMILES string of the molecule is CN1CCC(NC(=O)c2ccc(F)cc2Cl)(C(N)=S)CC1. The molecule has 0 saturated carbocycles. The molecule has 4 nitrogen and oxygen atoms in total. The van der Waals surface area contributed by atoms with Crippen molar-refractivity contribution in [1.29, 1.82) is 0 Å². The number of carbonyl (C=O) groups is 1. The van der Waals surface area contributed by atoms with Gasteiger partial charge < -0.3 is 16.0 Å². The van der Waals surface area contributed by atoms with Crippen molar-refractivity contribution in [1.82, 2.24) is 10.2 Å². The van der Waals surface area contributed by atoms with Gasteiger partial charge in [0, 0.05) is 13.1 Å². The highest BCUT2D eigenvalue weighted by atomic mass is 35.5. The summed E-state index contributed by atoms with van der Waals surface area (Å²) >= 11 is 11.1. The highest BCUT2D eigenvalue weighted by Crippen LogP contribution is 2.24. The van der Waals surface area contributed by atoms with Crippen molar-refractivity contribution in [3.8, 4) is 0 Å². The first kappa shape index (κ1) is 16.1. The summed E-state index contributed by atoms with van der Waals surface area (Å²) in [6, 6.07) is 3.66. The van der Waals surface area contributed by atoms with Gasteiger partial charge in [-0.2, -0.15) is 0 Å². The van der Waals surface area contributed by atoms with E-state index in [9.17, 15) is 9.18 Å². The number of carbonyl (C=O) groups excluding carboxylic acids is 1. The zero-order chi connectivity index (χ0) is 15.6. The van der Waals surface area contributed by atoms with Crippen LogP contribution in [-0.2, 0) is 0 Å². The summed E-state index contributed by atoms with van der Waals surface area (Å²) in [6.45, 7) is 1.57. The van der Waals surface area contributed by atoms with Crippen molar-refractivity contribution in [3.05, 3.63) is 34.6 Å². The van der Waals surface area contributed by atoms with Gasteiger partial charge in [0.2, 0.25) is 0 Å². The molecule has 0 spiro atoms. The first-order valence-corrected chi connectivity index (χ1v) is 7.39. The number of thiocarbonyl (C=S) groups is 1. The number of nitrogens with two attached hydrogens (primary N) is 1. The second-order valence-electron chi connectivity index (χ2n) is 5.33. The molecule has 0 aliphatic carbocycles. The molecule has 1 fully saturated rings. The van der Waals surface area contributed by atoms with Crippen LogP contribution in [0.15, 0.2) is 18.2 Å². The van der Waals surface area contributed by atoms with E-state index in [4.69, 9.17) is 29.6 Å². The molecule has 7 heteroatoms. The van der Waals surface area contributed by atoms with Crippen LogP contribution in [0.25, 0.3) is 0 Å². The fraction of sp³-hybridized carbons (Fsp3) is 0.429. The number of hydrogen-bond acceptors (Lipinski definition) is 3. The molecule has 0 aromatic heterocycles. The van der Waals surface area contributed by atoms with E-state index in [2.05, 4.69) is 10.2 Å². The summed E-state index contributed by atoms with van der Waals surface area (Å²) in [6.07, 6.45) is 1.28. The first-order chi connectivity index (χ1) is 9.84. The Hall–Kier alpha value is -1.24. The van der Waals surface area contributed by atoms with Gasteiger partial charge in [-0.25, -0.2) is 4.39 Å². The van der Waals surface area contributed by atoms with Crippen LogP contribution < -0.4 is 11.1 Å². The normalized spacial score (nSPS) is 18.2. The molecule has 0 bridgehead atoms. The minimum atomic E-state index is -0.712. The summed E-state index contributed by atoms with van der Waals surface area (Å²) in [5.74, 6) is -0.878. The van der Waals surface area contributed by atoms with Crippen LogP contribution in [0.2, 0.25) is 5.02 Å². The van der Waals surface area contributed by atoms with Gasteiger partial charge in [-0.3, -0.25) is 4.79 Å². The van der Waals surface area contributed by atoms with Gasteiger partial charge in [-0.05, 0) is 38.1 Å². The van der Waals surface area contributed by atoms with Gasteiger partial charge in [-0.15, -0.1) is 0 Å². The van der Waals surface area contributed by atoms with Crippen molar-refractivity contribution < 1.29 is 9.18 Å². The molecule has 2 rings (SSSR count). The van der Waals surface area contributed by atoms with Crippen LogP contribution in [0.1, 0.15) is 23.2 Å². The van der Waals surface area contributed by atoms with E-state index in [1.807, 2.05) is 7.05 Å². The number of rotatable bonds is 3. The Morgan fingerprint density at radius 3 is 2.62 bits per heavy atom. The number of hydrogen-bond donors (Lipinski definition) is 2. The Labute approximate surface area is 133 Å². The van der Waals surface area contributed by atoms with Gasteiger partial charge in [0.15, 0.2) is 0 Å². The number of nitrogens with zero attached hydrogens (tertiary/aromatic N) is 1. The van der Waals surface area contributed by atoms with E-state index in [0.717, 1.165) is 19.2 Å². The highest BCUT2D eigenvalue weighted by Gasteiger charge is 2.38. The lowest BCUT2D eigenvalue weighted by molar-refractivity contribution is 0.0890. The fourth-order valence-electron chi connectivity index (χ4n) is 2.39. The maximum Gasteiger partial charge on any atom is 0.253 e. The van der Waals surface area contributed by atoms with E-state index in [0.29, 0.717) is 12.8 Å². The van der Waals surface area contributed by atoms with Crippen LogP contribution in [0.4, 0.5) is 4.39 Å². The third-order valence-electron chi connectivity index (χ3n) is 3.84.